The Hall–Kier alpha value is -0.674. The second kappa shape index (κ2) is 4.38. The molecule has 0 fully saturated rings. The van der Waals surface area contributed by atoms with Crippen molar-refractivity contribution in [1.82, 2.24) is 0 Å². The van der Waals surface area contributed by atoms with Crippen LogP contribution in [0.15, 0.2) is 24.3 Å². The third kappa shape index (κ3) is 2.43. The molecular formula is C9H12GaO2+. The monoisotopic (exact) mass is 221 g/mol. The molecule has 0 radical (unpaired) electrons. The van der Waals surface area contributed by atoms with Crippen molar-refractivity contribution in [2.75, 3.05) is 0 Å². The van der Waals surface area contributed by atoms with Gasteiger partial charge in [-0.05, 0) is 0 Å². The van der Waals surface area contributed by atoms with Gasteiger partial charge in [0.2, 0.25) is 0 Å². The van der Waals surface area contributed by atoms with Gasteiger partial charge in [-0.25, -0.2) is 0 Å². The summed E-state index contributed by atoms with van der Waals surface area (Å²) in [4.78, 5) is 8.85. The number of rotatable bonds is 3. The van der Waals surface area contributed by atoms with Gasteiger partial charge in [0.25, 0.3) is 0 Å². The molecule has 1 aromatic carbocycles. The normalized spacial score (nSPS) is 9.17. The van der Waals surface area contributed by atoms with Crippen LogP contribution >= 0.6 is 0 Å². The van der Waals surface area contributed by atoms with Crippen LogP contribution in [0.5, 0.6) is 5.75 Å². The van der Waals surface area contributed by atoms with Gasteiger partial charge in [0.05, 0.1) is 0 Å². The average Bonchev–Trinajstić information content (AvgIpc) is 2.04. The van der Waals surface area contributed by atoms with Gasteiger partial charge in [-0.1, -0.05) is 0 Å². The zero-order valence-corrected chi connectivity index (χ0v) is 9.74. The summed E-state index contributed by atoms with van der Waals surface area (Å²) >= 11 is -1.49. The summed E-state index contributed by atoms with van der Waals surface area (Å²) in [6.07, 6.45) is 1.08. The first kappa shape index (κ1) is 9.41. The molecule has 1 aromatic rings. The molecule has 0 bridgehead atoms. The van der Waals surface area contributed by atoms with Gasteiger partial charge >= 0.3 is 77.7 Å². The van der Waals surface area contributed by atoms with E-state index in [1.807, 2.05) is 24.3 Å². The van der Waals surface area contributed by atoms with Crippen molar-refractivity contribution < 1.29 is 8.32 Å². The molecule has 1 rings (SSSR count). The molecule has 3 heteroatoms. The molecule has 62 valence electrons. The van der Waals surface area contributed by atoms with Crippen LogP contribution in [0.4, 0.5) is 0 Å². The fourth-order valence-corrected chi connectivity index (χ4v) is 2.46. The van der Waals surface area contributed by atoms with Crippen molar-refractivity contribution in [3.63, 3.8) is 0 Å². The molecule has 0 aliphatic rings. The summed E-state index contributed by atoms with van der Waals surface area (Å²) < 4.78 is 5.63. The zero-order valence-electron chi connectivity index (χ0n) is 7.32. The zero-order chi connectivity index (χ0) is 8.97. The van der Waals surface area contributed by atoms with Crippen LogP contribution in [0.3, 0.4) is 0 Å². The summed E-state index contributed by atoms with van der Waals surface area (Å²) in [5, 5.41) is 0. The van der Waals surface area contributed by atoms with Crippen LogP contribution in [-0.4, -0.2) is 27.7 Å². The van der Waals surface area contributed by atoms with Crippen molar-refractivity contribution >= 4 is 22.9 Å². The minimum atomic E-state index is -1.49. The van der Waals surface area contributed by atoms with Gasteiger partial charge in [-0.3, -0.25) is 0 Å². The van der Waals surface area contributed by atoms with E-state index < -0.39 is 16.6 Å². The van der Waals surface area contributed by atoms with Gasteiger partial charge in [-0.2, -0.15) is 0 Å². The van der Waals surface area contributed by atoms with Gasteiger partial charge < -0.3 is 0 Å². The molecule has 0 atom stereocenters. The van der Waals surface area contributed by atoms with Crippen LogP contribution in [-0.2, 0) is 0 Å². The second-order valence-corrected chi connectivity index (χ2v) is 7.73. The molecule has 2 nitrogen and oxygen atoms in total. The molecule has 0 aromatic heterocycles. The first-order valence-corrected chi connectivity index (χ1v) is 9.80. The van der Waals surface area contributed by atoms with Gasteiger partial charge in [-0.15, -0.1) is 0 Å². The van der Waals surface area contributed by atoms with Crippen LogP contribution in [0.1, 0.15) is 5.56 Å². The van der Waals surface area contributed by atoms with E-state index in [4.69, 9.17) is 8.32 Å². The molecule has 0 saturated heterocycles. The molecule has 0 aliphatic heterocycles. The summed E-state index contributed by atoms with van der Waals surface area (Å²) in [5.41, 5.74) is 5.04. The van der Waals surface area contributed by atoms with Gasteiger partial charge in [0.1, 0.15) is 0 Å². The van der Waals surface area contributed by atoms with Crippen molar-refractivity contribution in [2.24, 2.45) is 0 Å². The Bertz CT molecular complexity index is 271. The van der Waals surface area contributed by atoms with E-state index in [1.165, 1.54) is 0 Å². The van der Waals surface area contributed by atoms with E-state index in [1.54, 1.807) is 0 Å². The number of para-hydroxylation sites is 1. The Morgan fingerprint density at radius 1 is 1.33 bits per heavy atom. The average molecular weight is 222 g/mol. The first-order chi connectivity index (χ1) is 5.74. The first-order valence-electron chi connectivity index (χ1n) is 3.97. The Morgan fingerprint density at radius 2 is 2.00 bits per heavy atom. The van der Waals surface area contributed by atoms with Crippen LogP contribution in [0.2, 0.25) is 11.0 Å². The number of hydrogen-bond donors (Lipinski definition) is 0. The van der Waals surface area contributed by atoms with E-state index >= 15 is 0 Å². The van der Waals surface area contributed by atoms with Crippen molar-refractivity contribution in [2.45, 2.75) is 11.0 Å². The Kier molecular flexibility index (Phi) is 3.43. The summed E-state index contributed by atoms with van der Waals surface area (Å²) in [7, 11) is 0. The quantitative estimate of drug-likeness (QED) is 0.436. The SMILES string of the molecule is [CH3][Ga]([CH3])[O]c1ccccc1C=[OH+]. The summed E-state index contributed by atoms with van der Waals surface area (Å²) in [5.74, 6) is 0.801. The fourth-order valence-electron chi connectivity index (χ4n) is 0.948. The van der Waals surface area contributed by atoms with E-state index in [-0.39, 0.29) is 0 Å². The molecule has 0 spiro atoms. The molecule has 0 aliphatic carbocycles. The Morgan fingerprint density at radius 3 is 2.58 bits per heavy atom. The Balaban J connectivity index is 2.89. The molecule has 0 amide bonds. The van der Waals surface area contributed by atoms with Crippen LogP contribution in [0.25, 0.3) is 0 Å². The standard InChI is InChI=1S/C7H6O2.2CH3.Ga/c8-5-6-3-1-2-4-7(6)9;;;/h1-5,9H;2*1H3;/q;;;+1. The number of carbonyl (C=O) groups excluding carboxylic acids is 1. The van der Waals surface area contributed by atoms with E-state index in [0.717, 1.165) is 17.6 Å². The number of hydrogen-bond acceptors (Lipinski definition) is 1. The van der Waals surface area contributed by atoms with Crippen molar-refractivity contribution in [3.05, 3.63) is 29.8 Å². The fraction of sp³-hybridized carbons (Fsp3) is 0.222. The van der Waals surface area contributed by atoms with E-state index in [2.05, 4.69) is 11.0 Å². The number of benzene rings is 1. The maximum absolute atomic E-state index is 8.85. The minimum absolute atomic E-state index is 0.761. The summed E-state index contributed by atoms with van der Waals surface area (Å²) in [6, 6.07) is 7.50. The molecule has 1 N–H and O–H groups in total. The predicted molar refractivity (Wildman–Crippen MR) is 51.7 cm³/mol. The molecule has 0 saturated carbocycles. The van der Waals surface area contributed by atoms with Gasteiger partial charge in [0.15, 0.2) is 0 Å². The van der Waals surface area contributed by atoms with Crippen molar-refractivity contribution in [3.8, 4) is 5.75 Å². The third-order valence-electron chi connectivity index (χ3n) is 1.42. The molecular weight excluding hydrogens is 210 g/mol. The van der Waals surface area contributed by atoms with Crippen molar-refractivity contribution in [1.29, 1.82) is 0 Å². The predicted octanol–water partition coefficient (Wildman–Crippen LogP) is 1.84. The number of aldehydes is 1. The molecule has 0 heterocycles. The molecule has 12 heavy (non-hydrogen) atoms. The van der Waals surface area contributed by atoms with Crippen LogP contribution in [0, 0.1) is 0 Å². The molecule has 0 unspecified atom stereocenters. The van der Waals surface area contributed by atoms with Gasteiger partial charge in [0, 0.05) is 0 Å². The summed E-state index contributed by atoms with van der Waals surface area (Å²) in [6.45, 7) is 0. The Labute approximate surface area is 78.0 Å². The third-order valence-corrected chi connectivity index (χ3v) is 2.94. The second-order valence-electron chi connectivity index (χ2n) is 2.83. The van der Waals surface area contributed by atoms with E-state index in [9.17, 15) is 0 Å². The van der Waals surface area contributed by atoms with E-state index in [0.29, 0.717) is 0 Å². The maximum atomic E-state index is 8.85. The topological polar surface area (TPSA) is 30.6 Å². The van der Waals surface area contributed by atoms with Crippen LogP contribution < -0.4 is 3.53 Å².